The molecule has 1 atom stereocenters. The molecule has 0 aliphatic carbocycles. The lowest BCUT2D eigenvalue weighted by atomic mass is 10.2. The Morgan fingerprint density at radius 3 is 2.09 bits per heavy atom. The Bertz CT molecular complexity index is 388. The Labute approximate surface area is 131 Å². The standard InChI is InChI=1S/C16H26O6/c1-5-7-9-20-15(18)12(3)11-14(17)22-13(4)16(19)21-10-8-6-2/h13H,3,5-11H2,1-2,4H3. The molecule has 6 nitrogen and oxygen atoms in total. The maximum Gasteiger partial charge on any atom is 0.347 e. The lowest BCUT2D eigenvalue weighted by Gasteiger charge is -2.13. The smallest absolute Gasteiger partial charge is 0.347 e. The molecule has 0 bridgehead atoms. The van der Waals surface area contributed by atoms with Gasteiger partial charge in [0.05, 0.1) is 19.6 Å². The molecule has 0 saturated carbocycles. The molecule has 0 aromatic heterocycles. The summed E-state index contributed by atoms with van der Waals surface area (Å²) in [5.74, 6) is -1.93. The second-order valence-electron chi connectivity index (χ2n) is 4.92. The van der Waals surface area contributed by atoms with Gasteiger partial charge in [-0.2, -0.15) is 0 Å². The molecule has 0 amide bonds. The maximum atomic E-state index is 11.6. The van der Waals surface area contributed by atoms with Gasteiger partial charge >= 0.3 is 17.9 Å². The van der Waals surface area contributed by atoms with Gasteiger partial charge < -0.3 is 14.2 Å². The van der Waals surface area contributed by atoms with Gasteiger partial charge in [0.25, 0.3) is 0 Å². The number of hydrogen-bond donors (Lipinski definition) is 0. The van der Waals surface area contributed by atoms with Crippen molar-refractivity contribution in [2.75, 3.05) is 13.2 Å². The zero-order valence-electron chi connectivity index (χ0n) is 13.7. The van der Waals surface area contributed by atoms with Crippen LogP contribution in [0.25, 0.3) is 0 Å². The van der Waals surface area contributed by atoms with Crippen molar-refractivity contribution < 1.29 is 28.6 Å². The molecule has 0 aliphatic rings. The van der Waals surface area contributed by atoms with Crippen LogP contribution in [0.2, 0.25) is 0 Å². The van der Waals surface area contributed by atoms with E-state index in [0.717, 1.165) is 25.7 Å². The van der Waals surface area contributed by atoms with E-state index in [-0.39, 0.29) is 12.0 Å². The summed E-state index contributed by atoms with van der Waals surface area (Å²) < 4.78 is 14.8. The predicted octanol–water partition coefficient (Wildman–Crippen LogP) is 2.55. The highest BCUT2D eigenvalue weighted by Gasteiger charge is 2.21. The average molecular weight is 314 g/mol. The van der Waals surface area contributed by atoms with Gasteiger partial charge in [0.15, 0.2) is 6.10 Å². The quantitative estimate of drug-likeness (QED) is 0.252. The van der Waals surface area contributed by atoms with Crippen LogP contribution in [0.15, 0.2) is 12.2 Å². The minimum Gasteiger partial charge on any atom is -0.463 e. The van der Waals surface area contributed by atoms with Crippen molar-refractivity contribution in [1.29, 1.82) is 0 Å². The van der Waals surface area contributed by atoms with Crippen LogP contribution in [0.5, 0.6) is 0 Å². The number of rotatable bonds is 11. The van der Waals surface area contributed by atoms with Crippen molar-refractivity contribution in [2.24, 2.45) is 0 Å². The zero-order valence-corrected chi connectivity index (χ0v) is 13.7. The molecule has 0 N–H and O–H groups in total. The number of carbonyl (C=O) groups is 3. The van der Waals surface area contributed by atoms with E-state index in [4.69, 9.17) is 14.2 Å². The van der Waals surface area contributed by atoms with Gasteiger partial charge in [-0.25, -0.2) is 9.59 Å². The first-order chi connectivity index (χ1) is 10.4. The molecule has 0 rings (SSSR count). The predicted molar refractivity (Wildman–Crippen MR) is 81.0 cm³/mol. The van der Waals surface area contributed by atoms with Gasteiger partial charge in [0, 0.05) is 5.57 Å². The minimum absolute atomic E-state index is 0.00709. The summed E-state index contributed by atoms with van der Waals surface area (Å²) in [6.07, 6.45) is 2.00. The fraction of sp³-hybridized carbons (Fsp3) is 0.688. The summed E-state index contributed by atoms with van der Waals surface area (Å²) >= 11 is 0. The monoisotopic (exact) mass is 314 g/mol. The molecule has 6 heteroatoms. The molecule has 0 spiro atoms. The summed E-state index contributed by atoms with van der Waals surface area (Å²) in [5.41, 5.74) is 0.00709. The third-order valence-electron chi connectivity index (χ3n) is 2.76. The lowest BCUT2D eigenvalue weighted by Crippen LogP contribution is -2.27. The Hall–Kier alpha value is -1.85. The molecule has 0 fully saturated rings. The van der Waals surface area contributed by atoms with E-state index in [1.54, 1.807) is 0 Å². The first kappa shape index (κ1) is 20.1. The Kier molecular flexibility index (Phi) is 10.8. The first-order valence-electron chi connectivity index (χ1n) is 7.63. The Morgan fingerprint density at radius 2 is 1.55 bits per heavy atom. The number of unbranched alkanes of at least 4 members (excludes halogenated alkanes) is 2. The summed E-state index contributed by atoms with van der Waals surface area (Å²) in [4.78, 5) is 34.7. The van der Waals surface area contributed by atoms with E-state index >= 15 is 0 Å². The van der Waals surface area contributed by atoms with E-state index in [1.807, 2.05) is 13.8 Å². The van der Waals surface area contributed by atoms with Gasteiger partial charge in [-0.1, -0.05) is 33.3 Å². The summed E-state index contributed by atoms with van der Waals surface area (Å²) in [5, 5.41) is 0. The van der Waals surface area contributed by atoms with Crippen molar-refractivity contribution >= 4 is 17.9 Å². The normalized spacial score (nSPS) is 11.4. The van der Waals surface area contributed by atoms with E-state index < -0.39 is 24.0 Å². The van der Waals surface area contributed by atoms with Crippen molar-refractivity contribution in [2.45, 2.75) is 59.0 Å². The highest BCUT2D eigenvalue weighted by Crippen LogP contribution is 2.06. The fourth-order valence-corrected chi connectivity index (χ4v) is 1.38. The maximum absolute atomic E-state index is 11.6. The molecule has 0 radical (unpaired) electrons. The number of ether oxygens (including phenoxy) is 3. The molecular weight excluding hydrogens is 288 g/mol. The van der Waals surface area contributed by atoms with Crippen LogP contribution in [0.4, 0.5) is 0 Å². The highest BCUT2D eigenvalue weighted by molar-refractivity contribution is 5.93. The number of hydrogen-bond acceptors (Lipinski definition) is 6. The molecule has 0 aromatic rings. The Morgan fingerprint density at radius 1 is 1.00 bits per heavy atom. The van der Waals surface area contributed by atoms with Crippen molar-refractivity contribution in [3.63, 3.8) is 0 Å². The third kappa shape index (κ3) is 9.15. The molecular formula is C16H26O6. The first-order valence-corrected chi connectivity index (χ1v) is 7.63. The van der Waals surface area contributed by atoms with Crippen LogP contribution >= 0.6 is 0 Å². The molecule has 22 heavy (non-hydrogen) atoms. The van der Waals surface area contributed by atoms with Crippen LogP contribution in [0, 0.1) is 0 Å². The number of carbonyl (C=O) groups excluding carboxylic acids is 3. The summed E-state index contributed by atoms with van der Waals surface area (Å²) in [6, 6.07) is 0. The van der Waals surface area contributed by atoms with Crippen LogP contribution in [-0.4, -0.2) is 37.2 Å². The Balaban J connectivity index is 4.07. The van der Waals surface area contributed by atoms with Gasteiger partial charge in [-0.15, -0.1) is 0 Å². The zero-order chi connectivity index (χ0) is 17.0. The minimum atomic E-state index is -1.01. The highest BCUT2D eigenvalue weighted by atomic mass is 16.6. The second kappa shape index (κ2) is 11.8. The summed E-state index contributed by atoms with van der Waals surface area (Å²) in [6.45, 7) is 9.46. The third-order valence-corrected chi connectivity index (χ3v) is 2.76. The largest absolute Gasteiger partial charge is 0.463 e. The average Bonchev–Trinajstić information content (AvgIpc) is 2.47. The lowest BCUT2D eigenvalue weighted by molar-refractivity contribution is -0.166. The molecule has 0 heterocycles. The van der Waals surface area contributed by atoms with Gasteiger partial charge in [-0.05, 0) is 19.8 Å². The second-order valence-corrected chi connectivity index (χ2v) is 4.92. The van der Waals surface area contributed by atoms with Crippen LogP contribution in [-0.2, 0) is 28.6 Å². The number of esters is 3. The van der Waals surface area contributed by atoms with Crippen LogP contribution < -0.4 is 0 Å². The van der Waals surface area contributed by atoms with Crippen molar-refractivity contribution in [3.05, 3.63) is 12.2 Å². The molecule has 0 saturated heterocycles. The van der Waals surface area contributed by atoms with Crippen LogP contribution in [0.3, 0.4) is 0 Å². The molecule has 0 aliphatic heterocycles. The van der Waals surface area contributed by atoms with Crippen molar-refractivity contribution in [1.82, 2.24) is 0 Å². The molecule has 0 aromatic carbocycles. The summed E-state index contributed by atoms with van der Waals surface area (Å²) in [7, 11) is 0. The van der Waals surface area contributed by atoms with E-state index in [2.05, 4.69) is 6.58 Å². The fourth-order valence-electron chi connectivity index (χ4n) is 1.38. The van der Waals surface area contributed by atoms with Crippen molar-refractivity contribution in [3.8, 4) is 0 Å². The van der Waals surface area contributed by atoms with E-state index in [0.29, 0.717) is 13.2 Å². The topological polar surface area (TPSA) is 78.9 Å². The molecule has 126 valence electrons. The van der Waals surface area contributed by atoms with E-state index in [9.17, 15) is 14.4 Å². The van der Waals surface area contributed by atoms with Gasteiger partial charge in [0.1, 0.15) is 0 Å². The van der Waals surface area contributed by atoms with Gasteiger partial charge in [0.2, 0.25) is 0 Å². The molecule has 1 unspecified atom stereocenters. The SMILES string of the molecule is C=C(CC(=O)OC(C)C(=O)OCCCC)C(=O)OCCCC. The van der Waals surface area contributed by atoms with E-state index in [1.165, 1.54) is 6.92 Å². The van der Waals surface area contributed by atoms with Gasteiger partial charge in [-0.3, -0.25) is 4.79 Å². The van der Waals surface area contributed by atoms with Crippen LogP contribution in [0.1, 0.15) is 52.9 Å².